The summed E-state index contributed by atoms with van der Waals surface area (Å²) in [5.41, 5.74) is -2.02. The molecule has 0 saturated heterocycles. The maximum Gasteiger partial charge on any atom is 0.341 e. The van der Waals surface area contributed by atoms with Gasteiger partial charge in [-0.05, 0) is 6.07 Å². The molecule has 1 aromatic carbocycles. The number of pyridine rings is 1. The van der Waals surface area contributed by atoms with Crippen molar-refractivity contribution in [2.45, 2.75) is 0 Å². The van der Waals surface area contributed by atoms with Gasteiger partial charge >= 0.3 is 5.97 Å². The molecular weight excluding hydrogens is 291 g/mol. The molecule has 0 aliphatic heterocycles. The van der Waals surface area contributed by atoms with Crippen molar-refractivity contribution in [3.63, 3.8) is 0 Å². The molecule has 0 aliphatic carbocycles. The van der Waals surface area contributed by atoms with Crippen LogP contribution >= 0.6 is 0 Å². The van der Waals surface area contributed by atoms with E-state index < -0.39 is 39.7 Å². The van der Waals surface area contributed by atoms with Crippen molar-refractivity contribution in [2.24, 2.45) is 0 Å². The molecule has 110 valence electrons. The predicted molar refractivity (Wildman–Crippen MR) is 68.1 cm³/mol. The molecule has 8 heteroatoms. The van der Waals surface area contributed by atoms with E-state index in [1.165, 1.54) is 0 Å². The summed E-state index contributed by atoms with van der Waals surface area (Å²) in [7, 11) is 1.04. The standard InChI is InChI=1S/C13H8F3NO4/c1-21-12-9(16)8(15)4-6-10(12)17(3-2-14)5-7(11(6)18)13(19)20/h2-5H,1H3,(H,19,20). The zero-order chi connectivity index (χ0) is 15.7. The summed E-state index contributed by atoms with van der Waals surface area (Å²) >= 11 is 0. The van der Waals surface area contributed by atoms with Crippen LogP contribution in [0.5, 0.6) is 5.75 Å². The van der Waals surface area contributed by atoms with E-state index in [0.717, 1.165) is 24.1 Å². The molecule has 0 aliphatic rings. The van der Waals surface area contributed by atoms with Gasteiger partial charge in [-0.1, -0.05) is 0 Å². The summed E-state index contributed by atoms with van der Waals surface area (Å²) in [5, 5.41) is 8.50. The Morgan fingerprint density at radius 3 is 2.62 bits per heavy atom. The Hall–Kier alpha value is -2.77. The third kappa shape index (κ3) is 2.24. The molecule has 1 heterocycles. The molecule has 0 spiro atoms. The first-order valence-corrected chi connectivity index (χ1v) is 5.53. The molecule has 0 amide bonds. The van der Waals surface area contributed by atoms with Gasteiger partial charge in [0, 0.05) is 12.4 Å². The second-order valence-electron chi connectivity index (χ2n) is 3.96. The lowest BCUT2D eigenvalue weighted by Gasteiger charge is -2.12. The topological polar surface area (TPSA) is 68.5 Å². The lowest BCUT2D eigenvalue weighted by molar-refractivity contribution is 0.0695. The van der Waals surface area contributed by atoms with Gasteiger partial charge in [0.1, 0.15) is 17.4 Å². The smallest absolute Gasteiger partial charge is 0.341 e. The van der Waals surface area contributed by atoms with Crippen molar-refractivity contribution in [2.75, 3.05) is 7.11 Å². The molecule has 2 rings (SSSR count). The van der Waals surface area contributed by atoms with Gasteiger partial charge in [-0.3, -0.25) is 4.79 Å². The fourth-order valence-electron chi connectivity index (χ4n) is 1.95. The number of ether oxygens (including phenoxy) is 1. The Morgan fingerprint density at radius 1 is 1.43 bits per heavy atom. The normalized spacial score (nSPS) is 11.2. The lowest BCUT2D eigenvalue weighted by atomic mass is 10.1. The number of fused-ring (bicyclic) bond motifs is 1. The van der Waals surface area contributed by atoms with Crippen LogP contribution in [0.4, 0.5) is 13.2 Å². The van der Waals surface area contributed by atoms with E-state index in [9.17, 15) is 22.8 Å². The molecule has 1 N–H and O–H groups in total. The summed E-state index contributed by atoms with van der Waals surface area (Å²) < 4.78 is 45.1. The van der Waals surface area contributed by atoms with Gasteiger partial charge in [-0.2, -0.15) is 4.39 Å². The second-order valence-corrected chi connectivity index (χ2v) is 3.96. The number of aromatic nitrogens is 1. The molecule has 0 saturated carbocycles. The van der Waals surface area contributed by atoms with Crippen molar-refractivity contribution >= 4 is 23.1 Å². The van der Waals surface area contributed by atoms with Crippen LogP contribution in [0.2, 0.25) is 0 Å². The number of methoxy groups -OCH3 is 1. The third-order valence-electron chi connectivity index (χ3n) is 2.82. The van der Waals surface area contributed by atoms with E-state index >= 15 is 0 Å². The van der Waals surface area contributed by atoms with E-state index in [0.29, 0.717) is 6.07 Å². The first kappa shape index (κ1) is 14.6. The third-order valence-corrected chi connectivity index (χ3v) is 2.82. The number of halogens is 3. The molecule has 0 radical (unpaired) electrons. The number of aromatic carboxylic acids is 1. The van der Waals surface area contributed by atoms with Crippen molar-refractivity contribution < 1.29 is 27.8 Å². The van der Waals surface area contributed by atoms with Crippen LogP contribution < -0.4 is 10.2 Å². The van der Waals surface area contributed by atoms with Gasteiger partial charge in [-0.25, -0.2) is 13.6 Å². The fraction of sp³-hybridized carbons (Fsp3) is 0.0769. The van der Waals surface area contributed by atoms with Crippen LogP contribution in [0.3, 0.4) is 0 Å². The van der Waals surface area contributed by atoms with Crippen LogP contribution in [0.1, 0.15) is 10.4 Å². The Morgan fingerprint density at radius 2 is 2.10 bits per heavy atom. The van der Waals surface area contributed by atoms with E-state index in [1.807, 2.05) is 0 Å². The summed E-state index contributed by atoms with van der Waals surface area (Å²) in [6.45, 7) is 0. The van der Waals surface area contributed by atoms with Crippen LogP contribution in [-0.4, -0.2) is 22.8 Å². The van der Waals surface area contributed by atoms with Crippen LogP contribution in [0.25, 0.3) is 17.1 Å². The molecule has 2 aromatic rings. The molecule has 21 heavy (non-hydrogen) atoms. The van der Waals surface area contributed by atoms with Crippen molar-refractivity contribution in [3.05, 3.63) is 46.0 Å². The van der Waals surface area contributed by atoms with Gasteiger partial charge in [0.2, 0.25) is 11.2 Å². The Balaban J connectivity index is 3.12. The van der Waals surface area contributed by atoms with E-state index in [-0.39, 0.29) is 11.8 Å². The molecule has 1 aromatic heterocycles. The number of rotatable bonds is 3. The van der Waals surface area contributed by atoms with Crippen LogP contribution in [0, 0.1) is 11.6 Å². The summed E-state index contributed by atoms with van der Waals surface area (Å²) in [4.78, 5) is 23.0. The van der Waals surface area contributed by atoms with Crippen molar-refractivity contribution in [1.82, 2.24) is 4.57 Å². The number of hydrogen-bond acceptors (Lipinski definition) is 3. The second kappa shape index (κ2) is 5.31. The average Bonchev–Trinajstić information content (AvgIpc) is 2.43. The highest BCUT2D eigenvalue weighted by atomic mass is 19.2. The van der Waals surface area contributed by atoms with Crippen molar-refractivity contribution in [1.29, 1.82) is 0 Å². The number of benzene rings is 1. The molecule has 5 nitrogen and oxygen atoms in total. The van der Waals surface area contributed by atoms with E-state index in [4.69, 9.17) is 9.84 Å². The van der Waals surface area contributed by atoms with Gasteiger partial charge in [0.25, 0.3) is 0 Å². The Bertz CT molecular complexity index is 827. The first-order chi connectivity index (χ1) is 9.92. The van der Waals surface area contributed by atoms with Crippen molar-refractivity contribution in [3.8, 4) is 5.75 Å². The van der Waals surface area contributed by atoms with E-state index in [1.54, 1.807) is 0 Å². The molecule has 0 unspecified atom stereocenters. The van der Waals surface area contributed by atoms with Crippen LogP contribution in [0.15, 0.2) is 23.4 Å². The lowest BCUT2D eigenvalue weighted by Crippen LogP contribution is -2.18. The summed E-state index contributed by atoms with van der Waals surface area (Å²) in [6, 6.07) is 0.546. The van der Waals surface area contributed by atoms with Crippen LogP contribution in [-0.2, 0) is 0 Å². The maximum atomic E-state index is 13.7. The Labute approximate surface area is 115 Å². The minimum absolute atomic E-state index is 0.0518. The fourth-order valence-corrected chi connectivity index (χ4v) is 1.95. The van der Waals surface area contributed by atoms with Gasteiger partial charge in [0.15, 0.2) is 11.6 Å². The number of hydrogen-bond donors (Lipinski definition) is 1. The first-order valence-electron chi connectivity index (χ1n) is 5.53. The minimum Gasteiger partial charge on any atom is -0.491 e. The number of nitrogens with zero attached hydrogens (tertiary/aromatic N) is 1. The molecule has 0 bridgehead atoms. The minimum atomic E-state index is -1.58. The van der Waals surface area contributed by atoms with Gasteiger partial charge < -0.3 is 14.4 Å². The van der Waals surface area contributed by atoms with Gasteiger partial charge in [0.05, 0.1) is 12.5 Å². The molecule has 0 fully saturated rings. The summed E-state index contributed by atoms with van der Waals surface area (Å²) in [6.07, 6.45) is 1.59. The van der Waals surface area contributed by atoms with Gasteiger partial charge in [-0.15, -0.1) is 0 Å². The Kier molecular flexibility index (Phi) is 3.70. The largest absolute Gasteiger partial charge is 0.491 e. The zero-order valence-corrected chi connectivity index (χ0v) is 10.6. The van der Waals surface area contributed by atoms with E-state index in [2.05, 4.69) is 0 Å². The highest BCUT2D eigenvalue weighted by Crippen LogP contribution is 2.30. The highest BCUT2D eigenvalue weighted by molar-refractivity contribution is 5.95. The quantitative estimate of drug-likeness (QED) is 0.945. The number of carboxylic acid groups (broad SMARTS) is 1. The number of carboxylic acids is 1. The number of carbonyl (C=O) groups is 1. The maximum absolute atomic E-state index is 13.7. The average molecular weight is 299 g/mol. The predicted octanol–water partition coefficient (Wildman–Crippen LogP) is 2.38. The summed E-state index contributed by atoms with van der Waals surface area (Å²) in [5.74, 6) is -4.95. The SMILES string of the molecule is COc1c(F)c(F)cc2c(=O)c(C(=O)O)cn(C=CF)c12. The molecule has 0 atom stereocenters. The monoisotopic (exact) mass is 299 g/mol. The molecular formula is C13H8F3NO4. The highest BCUT2D eigenvalue weighted by Gasteiger charge is 2.21. The zero-order valence-electron chi connectivity index (χ0n) is 10.6.